The fourth-order valence-electron chi connectivity index (χ4n) is 3.65. The zero-order chi connectivity index (χ0) is 19.0. The van der Waals surface area contributed by atoms with Crippen molar-refractivity contribution >= 4 is 17.2 Å². The van der Waals surface area contributed by atoms with Crippen LogP contribution in [0.1, 0.15) is 11.1 Å². The molecule has 1 aliphatic rings. The highest BCUT2D eigenvalue weighted by Gasteiger charge is 2.57. The number of hydrogen-bond donors (Lipinski definition) is 0. The molecule has 3 aromatic carbocycles. The molecular formula is C23H19N3O2. The van der Waals surface area contributed by atoms with E-state index in [4.69, 9.17) is 9.47 Å². The standard InChI is InChI=1S/C23H19N3O2/c1-27-19-13-11-18(12-14-19)23(17-7-3-2-4-8-17)22(28-23)15-16-26-21-10-6-5-9-20(21)24-25-26/h2-16,22H,1H3/b16-15+. The quantitative estimate of drug-likeness (QED) is 0.494. The molecule has 1 aliphatic heterocycles. The van der Waals surface area contributed by atoms with Gasteiger partial charge >= 0.3 is 0 Å². The van der Waals surface area contributed by atoms with Gasteiger partial charge in [0.15, 0.2) is 0 Å². The second-order valence-corrected chi connectivity index (χ2v) is 6.73. The smallest absolute Gasteiger partial charge is 0.149 e. The Hall–Kier alpha value is -3.44. The third kappa shape index (κ3) is 2.68. The molecule has 5 rings (SSSR count). The minimum atomic E-state index is -0.500. The van der Waals surface area contributed by atoms with Crippen LogP contribution in [-0.2, 0) is 10.3 Å². The topological polar surface area (TPSA) is 52.5 Å². The number of benzene rings is 3. The second kappa shape index (κ2) is 6.62. The van der Waals surface area contributed by atoms with Crippen molar-refractivity contribution in [3.63, 3.8) is 0 Å². The summed E-state index contributed by atoms with van der Waals surface area (Å²) in [4.78, 5) is 0. The first kappa shape index (κ1) is 16.7. The third-order valence-corrected chi connectivity index (χ3v) is 5.16. The van der Waals surface area contributed by atoms with Crippen molar-refractivity contribution in [3.8, 4) is 5.75 Å². The van der Waals surface area contributed by atoms with Gasteiger partial charge in [0.05, 0.1) is 12.6 Å². The molecule has 1 saturated heterocycles. The number of hydrogen-bond acceptors (Lipinski definition) is 4. The summed E-state index contributed by atoms with van der Waals surface area (Å²) in [6.07, 6.45) is 3.87. The van der Waals surface area contributed by atoms with Crippen LogP contribution in [0.5, 0.6) is 5.75 Å². The highest BCUT2D eigenvalue weighted by molar-refractivity contribution is 5.75. The molecule has 5 heteroatoms. The highest BCUT2D eigenvalue weighted by Crippen LogP contribution is 2.52. The predicted octanol–water partition coefficient (Wildman–Crippen LogP) is 4.25. The predicted molar refractivity (Wildman–Crippen MR) is 108 cm³/mol. The first-order valence-electron chi connectivity index (χ1n) is 9.17. The largest absolute Gasteiger partial charge is 0.497 e. The fraction of sp³-hybridized carbons (Fsp3) is 0.130. The highest BCUT2D eigenvalue weighted by atomic mass is 16.6. The van der Waals surface area contributed by atoms with Gasteiger partial charge in [-0.15, -0.1) is 5.10 Å². The van der Waals surface area contributed by atoms with Crippen molar-refractivity contribution in [3.05, 3.63) is 96.1 Å². The summed E-state index contributed by atoms with van der Waals surface area (Å²) >= 11 is 0. The Morgan fingerprint density at radius 3 is 2.43 bits per heavy atom. The van der Waals surface area contributed by atoms with Gasteiger partial charge in [0.25, 0.3) is 0 Å². The number of ether oxygens (including phenoxy) is 2. The van der Waals surface area contributed by atoms with Crippen LogP contribution >= 0.6 is 0 Å². The molecule has 2 heterocycles. The van der Waals surface area contributed by atoms with Gasteiger partial charge in [-0.05, 0) is 41.5 Å². The lowest BCUT2D eigenvalue weighted by molar-refractivity contribution is 0.337. The fourth-order valence-corrected chi connectivity index (χ4v) is 3.65. The van der Waals surface area contributed by atoms with Crippen LogP contribution in [0.2, 0.25) is 0 Å². The van der Waals surface area contributed by atoms with Gasteiger partial charge in [-0.25, -0.2) is 4.68 Å². The zero-order valence-corrected chi connectivity index (χ0v) is 15.4. The van der Waals surface area contributed by atoms with E-state index in [1.54, 1.807) is 11.8 Å². The maximum absolute atomic E-state index is 6.27. The molecule has 2 atom stereocenters. The van der Waals surface area contributed by atoms with E-state index in [2.05, 4.69) is 34.6 Å². The molecular weight excluding hydrogens is 350 g/mol. The molecule has 0 aliphatic carbocycles. The van der Waals surface area contributed by atoms with Crippen LogP contribution in [0.4, 0.5) is 0 Å². The van der Waals surface area contributed by atoms with Crippen molar-refractivity contribution in [1.82, 2.24) is 15.0 Å². The normalized spacial score (nSPS) is 21.2. The summed E-state index contributed by atoms with van der Waals surface area (Å²) in [7, 11) is 1.67. The SMILES string of the molecule is COc1ccc(C2(c3ccccc3)OC2/C=C/n2nnc3ccccc32)cc1. The third-order valence-electron chi connectivity index (χ3n) is 5.16. The first-order chi connectivity index (χ1) is 13.8. The number of para-hydroxylation sites is 1. The molecule has 0 spiro atoms. The number of epoxide rings is 1. The molecule has 138 valence electrons. The van der Waals surface area contributed by atoms with Crippen LogP contribution in [0.3, 0.4) is 0 Å². The summed E-state index contributed by atoms with van der Waals surface area (Å²) in [6, 6.07) is 26.2. The van der Waals surface area contributed by atoms with Crippen LogP contribution < -0.4 is 4.74 Å². The maximum Gasteiger partial charge on any atom is 0.149 e. The number of fused-ring (bicyclic) bond motifs is 1. The van der Waals surface area contributed by atoms with Crippen molar-refractivity contribution in [2.45, 2.75) is 11.7 Å². The molecule has 1 fully saturated rings. The average molecular weight is 369 g/mol. The van der Waals surface area contributed by atoms with Gasteiger partial charge in [0, 0.05) is 6.20 Å². The van der Waals surface area contributed by atoms with Gasteiger partial charge in [-0.2, -0.15) is 0 Å². The minimum absolute atomic E-state index is 0.0914. The van der Waals surface area contributed by atoms with Crippen LogP contribution in [-0.4, -0.2) is 28.2 Å². The van der Waals surface area contributed by atoms with E-state index in [0.717, 1.165) is 27.9 Å². The average Bonchev–Trinajstić information content (AvgIpc) is 3.36. The Morgan fingerprint density at radius 2 is 1.64 bits per heavy atom. The summed E-state index contributed by atoms with van der Waals surface area (Å²) in [5, 5.41) is 8.41. The lowest BCUT2D eigenvalue weighted by Gasteiger charge is -2.14. The van der Waals surface area contributed by atoms with Gasteiger partial charge in [0.1, 0.15) is 23.0 Å². The molecule has 0 bridgehead atoms. The summed E-state index contributed by atoms with van der Waals surface area (Å²) in [6.45, 7) is 0. The van der Waals surface area contributed by atoms with Crippen LogP contribution in [0.25, 0.3) is 17.2 Å². The Morgan fingerprint density at radius 1 is 0.929 bits per heavy atom. The van der Waals surface area contributed by atoms with E-state index in [-0.39, 0.29) is 6.10 Å². The number of aromatic nitrogens is 3. The van der Waals surface area contributed by atoms with Crippen molar-refractivity contribution in [1.29, 1.82) is 0 Å². The van der Waals surface area contributed by atoms with Crippen molar-refractivity contribution < 1.29 is 9.47 Å². The van der Waals surface area contributed by atoms with Crippen LogP contribution in [0.15, 0.2) is 84.9 Å². The van der Waals surface area contributed by atoms with E-state index in [9.17, 15) is 0 Å². The lowest BCUT2D eigenvalue weighted by atomic mass is 9.88. The lowest BCUT2D eigenvalue weighted by Crippen LogP contribution is -2.14. The second-order valence-electron chi connectivity index (χ2n) is 6.73. The van der Waals surface area contributed by atoms with Gasteiger partial charge in [-0.1, -0.05) is 59.8 Å². The summed E-state index contributed by atoms with van der Waals surface area (Å²) < 4.78 is 13.3. The molecule has 0 radical (unpaired) electrons. The molecule has 1 aromatic heterocycles. The van der Waals surface area contributed by atoms with E-state index in [1.807, 2.05) is 66.9 Å². The number of rotatable bonds is 5. The Labute approximate surface area is 162 Å². The molecule has 4 aromatic rings. The van der Waals surface area contributed by atoms with Crippen molar-refractivity contribution in [2.75, 3.05) is 7.11 Å². The van der Waals surface area contributed by atoms with E-state index in [1.165, 1.54) is 0 Å². The summed E-state index contributed by atoms with van der Waals surface area (Å²) in [5.74, 6) is 0.828. The van der Waals surface area contributed by atoms with E-state index >= 15 is 0 Å². The van der Waals surface area contributed by atoms with Crippen LogP contribution in [0, 0.1) is 0 Å². The number of nitrogens with zero attached hydrogens (tertiary/aromatic N) is 3. The zero-order valence-electron chi connectivity index (χ0n) is 15.4. The molecule has 0 amide bonds. The molecule has 2 unspecified atom stereocenters. The van der Waals surface area contributed by atoms with Gasteiger partial charge in [-0.3, -0.25) is 0 Å². The van der Waals surface area contributed by atoms with E-state index < -0.39 is 5.60 Å². The monoisotopic (exact) mass is 369 g/mol. The van der Waals surface area contributed by atoms with Gasteiger partial charge < -0.3 is 9.47 Å². The molecule has 0 N–H and O–H groups in total. The minimum Gasteiger partial charge on any atom is -0.497 e. The Bertz CT molecular complexity index is 1140. The number of methoxy groups -OCH3 is 1. The van der Waals surface area contributed by atoms with Gasteiger partial charge in [0.2, 0.25) is 0 Å². The maximum atomic E-state index is 6.27. The first-order valence-corrected chi connectivity index (χ1v) is 9.17. The molecule has 0 saturated carbocycles. The molecule has 5 nitrogen and oxygen atoms in total. The Kier molecular flexibility index (Phi) is 3.95. The van der Waals surface area contributed by atoms with Crippen molar-refractivity contribution in [2.24, 2.45) is 0 Å². The molecule has 28 heavy (non-hydrogen) atoms. The Balaban J connectivity index is 1.51. The van der Waals surface area contributed by atoms with E-state index in [0.29, 0.717) is 0 Å². The summed E-state index contributed by atoms with van der Waals surface area (Å²) in [5.41, 5.74) is 3.55.